The van der Waals surface area contributed by atoms with Gasteiger partial charge in [-0.15, -0.1) is 0 Å². The summed E-state index contributed by atoms with van der Waals surface area (Å²) in [6.45, 7) is 0.932. The van der Waals surface area contributed by atoms with E-state index in [1.807, 2.05) is 12.1 Å². The third kappa shape index (κ3) is 4.90. The Labute approximate surface area is 115 Å². The van der Waals surface area contributed by atoms with E-state index in [0.29, 0.717) is 5.56 Å². The minimum absolute atomic E-state index is 0.324. The van der Waals surface area contributed by atoms with Gasteiger partial charge in [0.25, 0.3) is 5.91 Å². The molecule has 1 aromatic carbocycles. The van der Waals surface area contributed by atoms with Crippen LogP contribution >= 0.6 is 11.8 Å². The lowest BCUT2D eigenvalue weighted by atomic mass is 10.1. The van der Waals surface area contributed by atoms with E-state index in [-0.39, 0.29) is 0 Å². The van der Waals surface area contributed by atoms with Gasteiger partial charge in [0, 0.05) is 11.3 Å². The Balaban J connectivity index is 2.64. The van der Waals surface area contributed by atoms with Gasteiger partial charge in [-0.2, -0.15) is 11.8 Å². The fourth-order valence-electron chi connectivity index (χ4n) is 1.38. The third-order valence-corrected chi connectivity index (χ3v) is 3.39. The molecule has 0 spiro atoms. The molecule has 0 saturated heterocycles. The largest absolute Gasteiger partial charge is 0.480 e. The van der Waals surface area contributed by atoms with Crippen molar-refractivity contribution < 1.29 is 19.1 Å². The van der Waals surface area contributed by atoms with Crippen molar-refractivity contribution in [2.24, 2.45) is 0 Å². The van der Waals surface area contributed by atoms with Crippen LogP contribution in [0.4, 0.5) is 4.39 Å². The number of alkyl halides is 1. The van der Waals surface area contributed by atoms with Gasteiger partial charge >= 0.3 is 5.97 Å². The number of aliphatic carboxylic acids is 1. The highest BCUT2D eigenvalue weighted by molar-refractivity contribution is 7.98. The molecule has 0 aromatic heterocycles. The number of thioether (sulfide) groups is 1. The first-order valence-electron chi connectivity index (χ1n) is 5.84. The van der Waals surface area contributed by atoms with E-state index in [1.54, 1.807) is 23.9 Å². The van der Waals surface area contributed by atoms with E-state index in [4.69, 9.17) is 5.11 Å². The molecule has 0 bridgehead atoms. The smallest absolute Gasteiger partial charge is 0.328 e. The molecule has 1 rings (SSSR count). The van der Waals surface area contributed by atoms with E-state index >= 15 is 0 Å². The second kappa shape index (κ2) is 7.78. The van der Waals surface area contributed by atoms with E-state index < -0.39 is 24.6 Å². The first kappa shape index (κ1) is 15.5. The minimum Gasteiger partial charge on any atom is -0.480 e. The predicted octanol–water partition coefficient (Wildman–Crippen LogP) is 2.09. The van der Waals surface area contributed by atoms with Gasteiger partial charge in [0.05, 0.1) is 0 Å². The third-order valence-electron chi connectivity index (χ3n) is 2.45. The number of benzene rings is 1. The number of hydrogen-bond acceptors (Lipinski definition) is 3. The number of carboxylic acids is 1. The van der Waals surface area contributed by atoms with Gasteiger partial charge in [0.15, 0.2) is 6.04 Å². The summed E-state index contributed by atoms with van der Waals surface area (Å²) in [6.07, 6.45) is 0. The van der Waals surface area contributed by atoms with Crippen LogP contribution in [0.5, 0.6) is 0 Å². The Hall–Kier alpha value is -1.56. The van der Waals surface area contributed by atoms with Gasteiger partial charge in [-0.05, 0) is 23.4 Å². The average Bonchev–Trinajstić information content (AvgIpc) is 2.42. The van der Waals surface area contributed by atoms with Crippen molar-refractivity contribution in [2.75, 3.05) is 12.4 Å². The molecule has 1 unspecified atom stereocenters. The van der Waals surface area contributed by atoms with Crippen molar-refractivity contribution in [3.63, 3.8) is 0 Å². The summed E-state index contributed by atoms with van der Waals surface area (Å²) in [6, 6.07) is 5.34. The number of carbonyl (C=O) groups excluding carboxylic acids is 1. The molecule has 0 radical (unpaired) electrons. The van der Waals surface area contributed by atoms with E-state index in [1.165, 1.54) is 0 Å². The quantitative estimate of drug-likeness (QED) is 0.805. The molecular weight excluding hydrogens is 269 g/mol. The summed E-state index contributed by atoms with van der Waals surface area (Å²) in [5, 5.41) is 10.8. The summed E-state index contributed by atoms with van der Waals surface area (Å²) in [5.41, 5.74) is 1.41. The van der Waals surface area contributed by atoms with Crippen molar-refractivity contribution in [1.82, 2.24) is 5.32 Å². The molecule has 0 aliphatic heterocycles. The molecule has 0 aliphatic rings. The average molecular weight is 285 g/mol. The Morgan fingerprint density at radius 2 is 2.00 bits per heavy atom. The fourth-order valence-corrected chi connectivity index (χ4v) is 2.01. The summed E-state index contributed by atoms with van der Waals surface area (Å²) in [7, 11) is 0. The number of amides is 1. The molecule has 1 atom stereocenters. The number of hydrogen-bond donors (Lipinski definition) is 2. The lowest BCUT2D eigenvalue weighted by Crippen LogP contribution is -2.42. The van der Waals surface area contributed by atoms with Crippen LogP contribution in [0.3, 0.4) is 0 Å². The standard InChI is InChI=1S/C13H16FNO3S/c1-2-19-8-9-3-5-10(6-4-9)12(16)15-11(7-14)13(17)18/h3-6,11H,2,7-8H2,1H3,(H,15,16)(H,17,18). The van der Waals surface area contributed by atoms with Crippen LogP contribution < -0.4 is 5.32 Å². The van der Waals surface area contributed by atoms with E-state index in [0.717, 1.165) is 17.1 Å². The predicted molar refractivity (Wildman–Crippen MR) is 73.1 cm³/mol. The number of rotatable bonds is 7. The maximum absolute atomic E-state index is 12.4. The van der Waals surface area contributed by atoms with Crippen LogP contribution in [0.2, 0.25) is 0 Å². The van der Waals surface area contributed by atoms with Gasteiger partial charge in [-0.3, -0.25) is 4.79 Å². The van der Waals surface area contributed by atoms with Crippen LogP contribution in [0.1, 0.15) is 22.8 Å². The SMILES string of the molecule is CCSCc1ccc(C(=O)NC(CF)C(=O)O)cc1. The zero-order valence-corrected chi connectivity index (χ0v) is 11.4. The Morgan fingerprint density at radius 3 is 2.47 bits per heavy atom. The van der Waals surface area contributed by atoms with Crippen LogP contribution in [0, 0.1) is 0 Å². The first-order chi connectivity index (χ1) is 9.08. The lowest BCUT2D eigenvalue weighted by molar-refractivity contribution is -0.139. The molecule has 0 heterocycles. The normalized spacial score (nSPS) is 11.9. The summed E-state index contributed by atoms with van der Waals surface area (Å²) in [4.78, 5) is 22.3. The van der Waals surface area contributed by atoms with Crippen LogP contribution in [0.25, 0.3) is 0 Å². The maximum Gasteiger partial charge on any atom is 0.328 e. The Morgan fingerprint density at radius 1 is 1.37 bits per heavy atom. The highest BCUT2D eigenvalue weighted by atomic mass is 32.2. The van der Waals surface area contributed by atoms with Crippen molar-refractivity contribution in [3.8, 4) is 0 Å². The zero-order chi connectivity index (χ0) is 14.3. The van der Waals surface area contributed by atoms with Crippen molar-refractivity contribution >= 4 is 23.6 Å². The molecule has 0 saturated carbocycles. The first-order valence-corrected chi connectivity index (χ1v) is 7.00. The summed E-state index contributed by atoms with van der Waals surface area (Å²) >= 11 is 1.77. The van der Waals surface area contributed by atoms with Crippen molar-refractivity contribution in [2.45, 2.75) is 18.7 Å². The fraction of sp³-hybridized carbons (Fsp3) is 0.385. The molecule has 2 N–H and O–H groups in total. The van der Waals surface area contributed by atoms with Crippen LogP contribution in [-0.4, -0.2) is 35.5 Å². The van der Waals surface area contributed by atoms with Gasteiger partial charge in [0.1, 0.15) is 6.67 Å². The minimum atomic E-state index is -1.50. The van der Waals surface area contributed by atoms with Crippen LogP contribution in [-0.2, 0) is 10.5 Å². The van der Waals surface area contributed by atoms with Crippen LogP contribution in [0.15, 0.2) is 24.3 Å². The number of carboxylic acid groups (broad SMARTS) is 1. The van der Waals surface area contributed by atoms with E-state index in [9.17, 15) is 14.0 Å². The number of nitrogens with one attached hydrogen (secondary N) is 1. The second-order valence-electron chi connectivity index (χ2n) is 3.85. The van der Waals surface area contributed by atoms with E-state index in [2.05, 4.69) is 12.2 Å². The molecule has 1 amide bonds. The highest BCUT2D eigenvalue weighted by Crippen LogP contribution is 2.12. The Kier molecular flexibility index (Phi) is 6.35. The number of halogens is 1. The molecule has 0 aliphatic carbocycles. The molecule has 19 heavy (non-hydrogen) atoms. The zero-order valence-electron chi connectivity index (χ0n) is 10.6. The summed E-state index contributed by atoms with van der Waals surface area (Å²) < 4.78 is 12.4. The lowest BCUT2D eigenvalue weighted by Gasteiger charge is -2.11. The van der Waals surface area contributed by atoms with Crippen molar-refractivity contribution in [3.05, 3.63) is 35.4 Å². The molecule has 0 fully saturated rings. The molecular formula is C13H16FNO3S. The number of carbonyl (C=O) groups is 2. The Bertz CT molecular complexity index is 436. The molecule has 1 aromatic rings. The van der Waals surface area contributed by atoms with Gasteiger partial charge in [0.2, 0.25) is 0 Å². The molecule has 4 nitrogen and oxygen atoms in total. The van der Waals surface area contributed by atoms with Gasteiger partial charge in [-0.25, -0.2) is 9.18 Å². The maximum atomic E-state index is 12.4. The van der Waals surface area contributed by atoms with Crippen molar-refractivity contribution in [1.29, 1.82) is 0 Å². The second-order valence-corrected chi connectivity index (χ2v) is 5.13. The molecule has 6 heteroatoms. The molecule has 104 valence electrons. The topological polar surface area (TPSA) is 66.4 Å². The van der Waals surface area contributed by atoms with Gasteiger partial charge in [-0.1, -0.05) is 19.1 Å². The summed E-state index contributed by atoms with van der Waals surface area (Å²) in [5.74, 6) is -0.0915. The highest BCUT2D eigenvalue weighted by Gasteiger charge is 2.20. The monoisotopic (exact) mass is 285 g/mol. The van der Waals surface area contributed by atoms with Gasteiger partial charge < -0.3 is 10.4 Å².